The number of ether oxygens (including phenoxy) is 1. The van der Waals surface area contributed by atoms with Gasteiger partial charge in [0.25, 0.3) is 0 Å². The largest absolute Gasteiger partial charge is 0.457 e. The highest BCUT2D eigenvalue weighted by atomic mass is 32.2. The SMILES string of the molecule is Cc1ccc(Oc2ccc(C(C)(C)c3ccc(Sc4ccc(C)cc4)c(C)c3)cc2C)cc1. The summed E-state index contributed by atoms with van der Waals surface area (Å²) in [4.78, 5) is 2.58. The third-order valence-electron chi connectivity index (χ3n) is 6.29. The molecule has 0 aliphatic heterocycles. The predicted octanol–water partition coefficient (Wildman–Crippen LogP) is 9.19. The molecule has 33 heavy (non-hydrogen) atoms. The van der Waals surface area contributed by atoms with Gasteiger partial charge in [-0.05, 0) is 86.3 Å². The van der Waals surface area contributed by atoms with E-state index in [0.717, 1.165) is 17.1 Å². The molecule has 0 amide bonds. The summed E-state index contributed by atoms with van der Waals surface area (Å²) in [5, 5.41) is 0. The van der Waals surface area contributed by atoms with Gasteiger partial charge >= 0.3 is 0 Å². The van der Waals surface area contributed by atoms with Crippen LogP contribution in [0.25, 0.3) is 0 Å². The summed E-state index contributed by atoms with van der Waals surface area (Å²) in [7, 11) is 0. The Morgan fingerprint density at radius 2 is 1.15 bits per heavy atom. The van der Waals surface area contributed by atoms with Gasteiger partial charge < -0.3 is 4.74 Å². The molecular weight excluding hydrogens is 420 g/mol. The van der Waals surface area contributed by atoms with E-state index in [0.29, 0.717) is 0 Å². The van der Waals surface area contributed by atoms with E-state index < -0.39 is 0 Å². The molecule has 0 N–H and O–H groups in total. The average Bonchev–Trinajstić information content (AvgIpc) is 2.79. The Bertz CT molecular complexity index is 1150. The molecule has 168 valence electrons. The van der Waals surface area contributed by atoms with Crippen LogP contribution < -0.4 is 4.74 Å². The molecule has 0 saturated heterocycles. The molecule has 0 radical (unpaired) electrons. The number of benzene rings is 4. The van der Waals surface area contributed by atoms with E-state index in [9.17, 15) is 0 Å². The zero-order chi connectivity index (χ0) is 23.6. The Morgan fingerprint density at radius 1 is 0.606 bits per heavy atom. The lowest BCUT2D eigenvalue weighted by atomic mass is 9.77. The highest BCUT2D eigenvalue weighted by molar-refractivity contribution is 7.99. The molecule has 0 aromatic heterocycles. The van der Waals surface area contributed by atoms with Crippen molar-refractivity contribution in [1.82, 2.24) is 0 Å². The summed E-state index contributed by atoms with van der Waals surface area (Å²) in [6.07, 6.45) is 0. The van der Waals surface area contributed by atoms with E-state index in [1.165, 1.54) is 37.6 Å². The van der Waals surface area contributed by atoms with Crippen molar-refractivity contribution in [3.63, 3.8) is 0 Å². The van der Waals surface area contributed by atoms with Crippen LogP contribution in [0, 0.1) is 27.7 Å². The van der Waals surface area contributed by atoms with Gasteiger partial charge in [-0.1, -0.05) is 85.3 Å². The zero-order valence-corrected chi connectivity index (χ0v) is 21.2. The van der Waals surface area contributed by atoms with Crippen LogP contribution in [0.1, 0.15) is 47.2 Å². The second-order valence-electron chi connectivity index (χ2n) is 9.42. The first-order valence-corrected chi connectivity index (χ1v) is 12.3. The van der Waals surface area contributed by atoms with Gasteiger partial charge in [0.05, 0.1) is 0 Å². The first kappa shape index (κ1) is 23.2. The monoisotopic (exact) mass is 452 g/mol. The fourth-order valence-corrected chi connectivity index (χ4v) is 4.82. The van der Waals surface area contributed by atoms with Crippen LogP contribution in [0.3, 0.4) is 0 Å². The van der Waals surface area contributed by atoms with E-state index >= 15 is 0 Å². The summed E-state index contributed by atoms with van der Waals surface area (Å²) in [6.45, 7) is 13.1. The van der Waals surface area contributed by atoms with Crippen molar-refractivity contribution in [2.75, 3.05) is 0 Å². The first-order valence-electron chi connectivity index (χ1n) is 11.4. The molecule has 0 saturated carbocycles. The van der Waals surface area contributed by atoms with Crippen molar-refractivity contribution in [3.05, 3.63) is 118 Å². The minimum Gasteiger partial charge on any atom is -0.457 e. The zero-order valence-electron chi connectivity index (χ0n) is 20.4. The van der Waals surface area contributed by atoms with Crippen LogP contribution in [-0.2, 0) is 5.41 Å². The fraction of sp³-hybridized carbons (Fsp3) is 0.226. The van der Waals surface area contributed by atoms with Gasteiger partial charge in [-0.2, -0.15) is 0 Å². The van der Waals surface area contributed by atoms with Gasteiger partial charge in [0.2, 0.25) is 0 Å². The third kappa shape index (κ3) is 5.34. The van der Waals surface area contributed by atoms with E-state index in [2.05, 4.69) is 114 Å². The van der Waals surface area contributed by atoms with Crippen LogP contribution in [0.15, 0.2) is 94.7 Å². The quantitative estimate of drug-likeness (QED) is 0.288. The standard InChI is InChI=1S/C31H32OS/c1-21-7-13-27(14-8-21)32-29-17-11-25(19-23(29)3)31(5,6)26-12-18-30(24(4)20-26)33-28-15-9-22(2)10-16-28/h7-20H,1-6H3. The number of aryl methyl sites for hydroxylation is 4. The van der Waals surface area contributed by atoms with Gasteiger partial charge in [0.1, 0.15) is 11.5 Å². The Morgan fingerprint density at radius 3 is 1.73 bits per heavy atom. The summed E-state index contributed by atoms with van der Waals surface area (Å²) in [6, 6.07) is 30.3. The minimum atomic E-state index is -0.106. The highest BCUT2D eigenvalue weighted by Crippen LogP contribution is 2.38. The summed E-state index contributed by atoms with van der Waals surface area (Å²) >= 11 is 1.83. The van der Waals surface area contributed by atoms with Crippen molar-refractivity contribution in [1.29, 1.82) is 0 Å². The summed E-state index contributed by atoms with van der Waals surface area (Å²) in [5.74, 6) is 1.77. The maximum absolute atomic E-state index is 6.13. The number of hydrogen-bond acceptors (Lipinski definition) is 2. The molecule has 2 heteroatoms. The first-order chi connectivity index (χ1) is 15.7. The molecule has 0 atom stereocenters. The second kappa shape index (κ2) is 9.49. The van der Waals surface area contributed by atoms with E-state index in [1.807, 2.05) is 23.9 Å². The van der Waals surface area contributed by atoms with Crippen LogP contribution >= 0.6 is 11.8 Å². The van der Waals surface area contributed by atoms with E-state index in [1.54, 1.807) is 0 Å². The lowest BCUT2D eigenvalue weighted by Gasteiger charge is -2.28. The summed E-state index contributed by atoms with van der Waals surface area (Å²) < 4.78 is 6.13. The van der Waals surface area contributed by atoms with Crippen LogP contribution in [0.4, 0.5) is 0 Å². The smallest absolute Gasteiger partial charge is 0.130 e. The second-order valence-corrected chi connectivity index (χ2v) is 10.5. The summed E-state index contributed by atoms with van der Waals surface area (Å²) in [5.41, 5.74) is 7.47. The van der Waals surface area contributed by atoms with Gasteiger partial charge in [0, 0.05) is 15.2 Å². The maximum atomic E-state index is 6.13. The van der Waals surface area contributed by atoms with Gasteiger partial charge in [0.15, 0.2) is 0 Å². The average molecular weight is 453 g/mol. The van der Waals surface area contributed by atoms with Crippen molar-refractivity contribution in [2.24, 2.45) is 0 Å². The van der Waals surface area contributed by atoms with E-state index in [-0.39, 0.29) is 5.41 Å². The molecule has 4 aromatic carbocycles. The fourth-order valence-electron chi connectivity index (χ4n) is 3.94. The Hall–Kier alpha value is -2.97. The molecule has 0 unspecified atom stereocenters. The van der Waals surface area contributed by atoms with Crippen LogP contribution in [-0.4, -0.2) is 0 Å². The Labute approximate surface area is 202 Å². The Balaban J connectivity index is 1.55. The van der Waals surface area contributed by atoms with Crippen molar-refractivity contribution in [2.45, 2.75) is 56.7 Å². The van der Waals surface area contributed by atoms with Crippen LogP contribution in [0.5, 0.6) is 11.5 Å². The molecule has 0 fully saturated rings. The molecular formula is C31H32OS. The van der Waals surface area contributed by atoms with Crippen molar-refractivity contribution < 1.29 is 4.74 Å². The van der Waals surface area contributed by atoms with Gasteiger partial charge in [-0.25, -0.2) is 0 Å². The normalized spacial score (nSPS) is 11.5. The molecule has 0 spiro atoms. The number of hydrogen-bond donors (Lipinski definition) is 0. The lowest BCUT2D eigenvalue weighted by molar-refractivity contribution is 0.478. The van der Waals surface area contributed by atoms with E-state index in [4.69, 9.17) is 4.74 Å². The maximum Gasteiger partial charge on any atom is 0.130 e. The molecule has 0 heterocycles. The molecule has 4 aromatic rings. The topological polar surface area (TPSA) is 9.23 Å². The van der Waals surface area contributed by atoms with Crippen LogP contribution in [0.2, 0.25) is 0 Å². The lowest BCUT2D eigenvalue weighted by Crippen LogP contribution is -2.19. The highest BCUT2D eigenvalue weighted by Gasteiger charge is 2.24. The Kier molecular flexibility index (Phi) is 6.67. The van der Waals surface area contributed by atoms with Gasteiger partial charge in [-0.15, -0.1) is 0 Å². The van der Waals surface area contributed by atoms with Crippen molar-refractivity contribution in [3.8, 4) is 11.5 Å². The predicted molar refractivity (Wildman–Crippen MR) is 141 cm³/mol. The molecule has 0 aliphatic rings. The number of rotatable bonds is 6. The minimum absolute atomic E-state index is 0.106. The van der Waals surface area contributed by atoms with Gasteiger partial charge in [-0.3, -0.25) is 0 Å². The molecule has 0 aliphatic carbocycles. The van der Waals surface area contributed by atoms with Crippen molar-refractivity contribution >= 4 is 11.8 Å². The molecule has 1 nitrogen and oxygen atoms in total. The molecule has 0 bridgehead atoms. The molecule has 4 rings (SSSR count). The third-order valence-corrected chi connectivity index (χ3v) is 7.48.